The lowest BCUT2D eigenvalue weighted by Gasteiger charge is -2.07. The lowest BCUT2D eigenvalue weighted by Crippen LogP contribution is -2.05. The van der Waals surface area contributed by atoms with Gasteiger partial charge in [-0.1, -0.05) is 30.3 Å². The predicted molar refractivity (Wildman–Crippen MR) is 93.1 cm³/mol. The number of hydrogen-bond acceptors (Lipinski definition) is 4. The summed E-state index contributed by atoms with van der Waals surface area (Å²) in [6.07, 6.45) is 3.93. The molecule has 0 radical (unpaired) electrons. The fraction of sp³-hybridized carbons (Fsp3) is 0.200. The third kappa shape index (κ3) is 5.09. The van der Waals surface area contributed by atoms with Gasteiger partial charge in [0.05, 0.1) is 7.11 Å². The fourth-order valence-corrected chi connectivity index (χ4v) is 2.25. The van der Waals surface area contributed by atoms with Crippen LogP contribution in [0.1, 0.15) is 28.4 Å². The van der Waals surface area contributed by atoms with Crippen molar-refractivity contribution in [2.75, 3.05) is 13.7 Å². The summed E-state index contributed by atoms with van der Waals surface area (Å²) in [6, 6.07) is 14.7. The van der Waals surface area contributed by atoms with Crippen molar-refractivity contribution in [1.82, 2.24) is 0 Å². The number of hydrogen-bond donors (Lipinski definition) is 0. The molecular weight excluding hydrogens is 304 g/mol. The molecule has 0 aromatic heterocycles. The molecule has 0 heterocycles. The zero-order chi connectivity index (χ0) is 17.4. The Morgan fingerprint density at radius 2 is 1.75 bits per heavy atom. The van der Waals surface area contributed by atoms with Gasteiger partial charge in [0.1, 0.15) is 12.4 Å². The van der Waals surface area contributed by atoms with Crippen LogP contribution in [-0.4, -0.2) is 25.5 Å². The lowest BCUT2D eigenvalue weighted by atomic mass is 9.98. The van der Waals surface area contributed by atoms with E-state index in [1.807, 2.05) is 30.3 Å². The van der Waals surface area contributed by atoms with Crippen LogP contribution >= 0.6 is 0 Å². The minimum Gasteiger partial charge on any atom is -0.497 e. The second kappa shape index (κ2) is 8.67. The zero-order valence-electron chi connectivity index (χ0n) is 13.8. The van der Waals surface area contributed by atoms with E-state index in [9.17, 15) is 9.59 Å². The summed E-state index contributed by atoms with van der Waals surface area (Å²) < 4.78 is 9.97. The number of carbonyl (C=O) groups excluding carboxylic acids is 2. The molecule has 124 valence electrons. The predicted octanol–water partition coefficient (Wildman–Crippen LogP) is 3.70. The summed E-state index contributed by atoms with van der Waals surface area (Å²) in [5, 5.41) is 0. The molecule has 4 nitrogen and oxygen atoms in total. The first-order chi connectivity index (χ1) is 11.6. The van der Waals surface area contributed by atoms with Gasteiger partial charge in [-0.15, -0.1) is 0 Å². The highest BCUT2D eigenvalue weighted by molar-refractivity contribution is 5.98. The van der Waals surface area contributed by atoms with Gasteiger partial charge in [-0.2, -0.15) is 0 Å². The summed E-state index contributed by atoms with van der Waals surface area (Å²) >= 11 is 0. The van der Waals surface area contributed by atoms with Crippen molar-refractivity contribution in [1.29, 1.82) is 0 Å². The van der Waals surface area contributed by atoms with Gasteiger partial charge >= 0.3 is 5.97 Å². The normalized spacial score (nSPS) is 10.6. The molecule has 0 spiro atoms. The van der Waals surface area contributed by atoms with Gasteiger partial charge in [-0.3, -0.25) is 9.59 Å². The highest BCUT2D eigenvalue weighted by atomic mass is 16.5. The number of rotatable bonds is 7. The van der Waals surface area contributed by atoms with E-state index in [1.165, 1.54) is 6.92 Å². The Kier molecular flexibility index (Phi) is 6.32. The molecular formula is C20H20O4. The van der Waals surface area contributed by atoms with Crippen LogP contribution in [0.15, 0.2) is 54.6 Å². The van der Waals surface area contributed by atoms with E-state index in [1.54, 1.807) is 37.5 Å². The van der Waals surface area contributed by atoms with Crippen LogP contribution in [0.5, 0.6) is 5.75 Å². The minimum absolute atomic E-state index is 0.0403. The zero-order valence-corrected chi connectivity index (χ0v) is 13.8. The molecule has 0 N–H and O–H groups in total. The van der Waals surface area contributed by atoms with Crippen molar-refractivity contribution in [3.05, 3.63) is 71.3 Å². The SMILES string of the molecule is COc1ccc(C(=O)Cc2ccccc2/C=C/COC(C)=O)cc1. The summed E-state index contributed by atoms with van der Waals surface area (Å²) in [5.41, 5.74) is 2.51. The van der Waals surface area contributed by atoms with Crippen molar-refractivity contribution < 1.29 is 19.1 Å². The average molecular weight is 324 g/mol. The largest absolute Gasteiger partial charge is 0.497 e. The van der Waals surface area contributed by atoms with Gasteiger partial charge in [-0.05, 0) is 41.5 Å². The van der Waals surface area contributed by atoms with Crippen LogP contribution in [0, 0.1) is 0 Å². The molecule has 4 heteroatoms. The number of esters is 1. The first kappa shape index (κ1) is 17.5. The van der Waals surface area contributed by atoms with Crippen LogP contribution < -0.4 is 4.74 Å². The molecule has 0 aliphatic rings. The van der Waals surface area contributed by atoms with E-state index in [-0.39, 0.29) is 18.4 Å². The molecule has 0 unspecified atom stereocenters. The van der Waals surface area contributed by atoms with Crippen molar-refractivity contribution in [2.45, 2.75) is 13.3 Å². The Morgan fingerprint density at radius 1 is 1.04 bits per heavy atom. The molecule has 24 heavy (non-hydrogen) atoms. The molecule has 0 atom stereocenters. The van der Waals surface area contributed by atoms with Crippen molar-refractivity contribution >= 4 is 17.8 Å². The molecule has 0 bridgehead atoms. The van der Waals surface area contributed by atoms with Gasteiger partial charge in [0, 0.05) is 18.9 Å². The maximum atomic E-state index is 12.5. The monoisotopic (exact) mass is 324 g/mol. The average Bonchev–Trinajstić information content (AvgIpc) is 2.60. The van der Waals surface area contributed by atoms with E-state index in [2.05, 4.69) is 0 Å². The summed E-state index contributed by atoms with van der Waals surface area (Å²) in [5.74, 6) is 0.446. The van der Waals surface area contributed by atoms with Crippen LogP contribution in [0.2, 0.25) is 0 Å². The van der Waals surface area contributed by atoms with Crippen molar-refractivity contribution in [2.24, 2.45) is 0 Å². The fourth-order valence-electron chi connectivity index (χ4n) is 2.25. The van der Waals surface area contributed by atoms with E-state index < -0.39 is 0 Å². The number of carbonyl (C=O) groups is 2. The van der Waals surface area contributed by atoms with E-state index in [4.69, 9.17) is 9.47 Å². The molecule has 0 fully saturated rings. The molecule has 0 aliphatic carbocycles. The van der Waals surface area contributed by atoms with Gasteiger partial charge in [0.15, 0.2) is 5.78 Å². The molecule has 0 aliphatic heterocycles. The second-order valence-electron chi connectivity index (χ2n) is 5.23. The highest BCUT2D eigenvalue weighted by Crippen LogP contribution is 2.16. The highest BCUT2D eigenvalue weighted by Gasteiger charge is 2.09. The number of ketones is 1. The lowest BCUT2D eigenvalue weighted by molar-refractivity contribution is -0.139. The smallest absolute Gasteiger partial charge is 0.302 e. The van der Waals surface area contributed by atoms with Gasteiger partial charge in [-0.25, -0.2) is 0 Å². The molecule has 2 aromatic carbocycles. The van der Waals surface area contributed by atoms with Gasteiger partial charge in [0.2, 0.25) is 0 Å². The Bertz CT molecular complexity index is 730. The summed E-state index contributed by atoms with van der Waals surface area (Å²) in [4.78, 5) is 23.2. The van der Waals surface area contributed by atoms with Crippen molar-refractivity contribution in [3.63, 3.8) is 0 Å². The molecule has 2 rings (SSSR count). The van der Waals surface area contributed by atoms with E-state index in [0.717, 1.165) is 16.9 Å². The van der Waals surface area contributed by atoms with Crippen LogP contribution in [0.4, 0.5) is 0 Å². The number of Topliss-reactive ketones (excluding diaryl/α,β-unsaturated/α-hetero) is 1. The number of ether oxygens (including phenoxy) is 2. The molecule has 2 aromatic rings. The summed E-state index contributed by atoms with van der Waals surface area (Å²) in [6.45, 7) is 1.59. The number of methoxy groups -OCH3 is 1. The van der Waals surface area contributed by atoms with Gasteiger partial charge in [0.25, 0.3) is 0 Å². The second-order valence-corrected chi connectivity index (χ2v) is 5.23. The molecule has 0 saturated carbocycles. The minimum atomic E-state index is -0.317. The Balaban J connectivity index is 2.08. The maximum Gasteiger partial charge on any atom is 0.302 e. The topological polar surface area (TPSA) is 52.6 Å². The standard InChI is InChI=1S/C20H20O4/c1-15(21)24-13-5-8-16-6-3-4-7-18(16)14-20(22)17-9-11-19(23-2)12-10-17/h3-12H,13-14H2,1-2H3/b8-5+. The van der Waals surface area contributed by atoms with Crippen LogP contribution in [-0.2, 0) is 16.0 Å². The maximum absolute atomic E-state index is 12.5. The van der Waals surface area contributed by atoms with Gasteiger partial charge < -0.3 is 9.47 Å². The third-order valence-electron chi connectivity index (χ3n) is 3.50. The Labute approximate surface area is 141 Å². The first-order valence-corrected chi connectivity index (χ1v) is 7.65. The van der Waals surface area contributed by atoms with E-state index >= 15 is 0 Å². The molecule has 0 amide bonds. The third-order valence-corrected chi connectivity index (χ3v) is 3.50. The Morgan fingerprint density at radius 3 is 2.42 bits per heavy atom. The number of benzene rings is 2. The van der Waals surface area contributed by atoms with Crippen LogP contribution in [0.25, 0.3) is 6.08 Å². The van der Waals surface area contributed by atoms with E-state index in [0.29, 0.717) is 12.0 Å². The molecule has 0 saturated heterocycles. The van der Waals surface area contributed by atoms with Crippen molar-refractivity contribution in [3.8, 4) is 5.75 Å². The van der Waals surface area contributed by atoms with Crippen LogP contribution in [0.3, 0.4) is 0 Å². The Hall–Kier alpha value is -2.88. The first-order valence-electron chi connectivity index (χ1n) is 7.65. The summed E-state index contributed by atoms with van der Waals surface area (Å²) in [7, 11) is 1.59. The quantitative estimate of drug-likeness (QED) is 0.576.